The molecule has 0 atom stereocenters. The molecule has 2 N–H and O–H groups in total. The highest BCUT2D eigenvalue weighted by Gasteiger charge is 2.11. The fraction of sp³-hybridized carbons (Fsp3) is 0.300. The summed E-state index contributed by atoms with van der Waals surface area (Å²) in [6, 6.07) is 4.66. The zero-order valence-electron chi connectivity index (χ0n) is 7.45. The van der Waals surface area contributed by atoms with E-state index in [1.807, 2.05) is 0 Å². The topological polar surface area (TPSA) is 57.5 Å². The zero-order chi connectivity index (χ0) is 9.84. The summed E-state index contributed by atoms with van der Waals surface area (Å²) in [6.45, 7) is 1.43. The third-order valence-corrected chi connectivity index (χ3v) is 1.93. The monoisotopic (exact) mass is 180 g/mol. The number of rotatable bonds is 3. The van der Waals surface area contributed by atoms with Gasteiger partial charge in [-0.25, -0.2) is 0 Å². The van der Waals surface area contributed by atoms with Crippen LogP contribution in [0.2, 0.25) is 0 Å². The molecule has 0 bridgehead atoms. The van der Waals surface area contributed by atoms with E-state index in [1.54, 1.807) is 19.1 Å². The van der Waals surface area contributed by atoms with Crippen molar-refractivity contribution in [1.29, 1.82) is 0 Å². The molecular weight excluding hydrogens is 168 g/mol. The van der Waals surface area contributed by atoms with Crippen LogP contribution >= 0.6 is 0 Å². The van der Waals surface area contributed by atoms with Crippen LogP contribution in [0.25, 0.3) is 0 Å². The molecule has 0 aromatic heterocycles. The summed E-state index contributed by atoms with van der Waals surface area (Å²) in [7, 11) is 0. The second-order valence-corrected chi connectivity index (χ2v) is 2.74. The van der Waals surface area contributed by atoms with E-state index in [0.717, 1.165) is 0 Å². The van der Waals surface area contributed by atoms with Gasteiger partial charge in [0, 0.05) is 17.5 Å². The second kappa shape index (κ2) is 4.05. The highest BCUT2D eigenvalue weighted by molar-refractivity contribution is 5.97. The van der Waals surface area contributed by atoms with Gasteiger partial charge < -0.3 is 10.2 Å². The number of hydrogen-bond acceptors (Lipinski definition) is 3. The lowest BCUT2D eigenvalue weighted by molar-refractivity contribution is 0.0984. The molecule has 70 valence electrons. The molecular formula is C10H12O3. The predicted molar refractivity (Wildman–Crippen MR) is 48.7 cm³/mol. The van der Waals surface area contributed by atoms with E-state index >= 15 is 0 Å². The van der Waals surface area contributed by atoms with Crippen LogP contribution in [0.5, 0.6) is 5.75 Å². The van der Waals surface area contributed by atoms with Crippen molar-refractivity contribution in [3.05, 3.63) is 29.3 Å². The van der Waals surface area contributed by atoms with E-state index in [4.69, 9.17) is 5.11 Å². The molecule has 0 radical (unpaired) electrons. The number of Topliss-reactive ketones (excluding diaryl/α,β-unsaturated/α-hetero) is 1. The van der Waals surface area contributed by atoms with Gasteiger partial charge in [0.25, 0.3) is 0 Å². The van der Waals surface area contributed by atoms with E-state index in [1.165, 1.54) is 6.07 Å². The van der Waals surface area contributed by atoms with E-state index in [-0.39, 0.29) is 18.1 Å². The van der Waals surface area contributed by atoms with Crippen molar-refractivity contribution in [3.63, 3.8) is 0 Å². The third kappa shape index (κ3) is 1.87. The molecule has 0 aliphatic heterocycles. The molecule has 0 spiro atoms. The van der Waals surface area contributed by atoms with Crippen molar-refractivity contribution >= 4 is 5.78 Å². The number of aliphatic hydroxyl groups excluding tert-OH is 1. The van der Waals surface area contributed by atoms with Gasteiger partial charge in [-0.1, -0.05) is 19.1 Å². The number of phenols is 1. The van der Waals surface area contributed by atoms with Crippen LogP contribution in [0.3, 0.4) is 0 Å². The van der Waals surface area contributed by atoms with Gasteiger partial charge in [-0.15, -0.1) is 0 Å². The zero-order valence-corrected chi connectivity index (χ0v) is 7.45. The Morgan fingerprint density at radius 2 is 2.15 bits per heavy atom. The number of ketones is 1. The Bertz CT molecular complexity index is 318. The van der Waals surface area contributed by atoms with Crippen molar-refractivity contribution in [1.82, 2.24) is 0 Å². The summed E-state index contributed by atoms with van der Waals surface area (Å²) in [5.74, 6) is -0.0956. The molecule has 1 rings (SSSR count). The molecule has 0 saturated carbocycles. The summed E-state index contributed by atoms with van der Waals surface area (Å²) >= 11 is 0. The molecule has 3 heteroatoms. The van der Waals surface area contributed by atoms with Gasteiger partial charge in [0.05, 0.1) is 6.61 Å². The highest BCUT2D eigenvalue weighted by Crippen LogP contribution is 2.21. The standard InChI is InChI=1S/C10H12O3/c1-2-9(12)7-4-3-5-10(13)8(7)6-11/h3-5,11,13H,2,6H2,1H3. The first-order valence-corrected chi connectivity index (χ1v) is 4.15. The molecule has 0 unspecified atom stereocenters. The van der Waals surface area contributed by atoms with Crippen LogP contribution < -0.4 is 0 Å². The third-order valence-electron chi connectivity index (χ3n) is 1.93. The average Bonchev–Trinajstić information content (AvgIpc) is 2.16. The molecule has 3 nitrogen and oxygen atoms in total. The number of aliphatic hydroxyl groups is 1. The van der Waals surface area contributed by atoms with Gasteiger partial charge in [-0.3, -0.25) is 4.79 Å². The fourth-order valence-corrected chi connectivity index (χ4v) is 1.19. The largest absolute Gasteiger partial charge is 0.508 e. The van der Waals surface area contributed by atoms with Gasteiger partial charge in [0.1, 0.15) is 5.75 Å². The fourth-order valence-electron chi connectivity index (χ4n) is 1.19. The van der Waals surface area contributed by atoms with E-state index < -0.39 is 0 Å². The van der Waals surface area contributed by atoms with Gasteiger partial charge in [-0.2, -0.15) is 0 Å². The average molecular weight is 180 g/mol. The van der Waals surface area contributed by atoms with Crippen LogP contribution in [0.1, 0.15) is 29.3 Å². The Kier molecular flexibility index (Phi) is 3.03. The van der Waals surface area contributed by atoms with E-state index in [0.29, 0.717) is 17.5 Å². The van der Waals surface area contributed by atoms with Gasteiger partial charge in [0.2, 0.25) is 0 Å². The molecule has 1 aromatic rings. The van der Waals surface area contributed by atoms with Crippen molar-refractivity contribution in [2.24, 2.45) is 0 Å². The van der Waals surface area contributed by atoms with E-state index in [9.17, 15) is 9.90 Å². The molecule has 1 aromatic carbocycles. The Hall–Kier alpha value is -1.35. The van der Waals surface area contributed by atoms with Gasteiger partial charge in [0.15, 0.2) is 5.78 Å². The lowest BCUT2D eigenvalue weighted by Crippen LogP contribution is -2.02. The van der Waals surface area contributed by atoms with Crippen LogP contribution in [0.4, 0.5) is 0 Å². The summed E-state index contributed by atoms with van der Waals surface area (Å²) in [4.78, 5) is 11.3. The minimum atomic E-state index is -0.312. The van der Waals surface area contributed by atoms with Gasteiger partial charge >= 0.3 is 0 Å². The highest BCUT2D eigenvalue weighted by atomic mass is 16.3. The Morgan fingerprint density at radius 3 is 2.69 bits per heavy atom. The Balaban J connectivity index is 3.20. The Labute approximate surface area is 76.6 Å². The maximum absolute atomic E-state index is 11.3. The number of carbonyl (C=O) groups is 1. The van der Waals surface area contributed by atoms with Crippen LogP contribution in [-0.4, -0.2) is 16.0 Å². The van der Waals surface area contributed by atoms with Crippen LogP contribution in [-0.2, 0) is 6.61 Å². The molecule has 13 heavy (non-hydrogen) atoms. The minimum absolute atomic E-state index is 0.0261. The number of carbonyl (C=O) groups excluding carboxylic acids is 1. The lowest BCUT2D eigenvalue weighted by atomic mass is 10.0. The van der Waals surface area contributed by atoms with Crippen molar-refractivity contribution in [2.75, 3.05) is 0 Å². The first-order chi connectivity index (χ1) is 6.20. The number of hydrogen-bond donors (Lipinski definition) is 2. The number of benzene rings is 1. The molecule has 0 aliphatic carbocycles. The van der Waals surface area contributed by atoms with Gasteiger partial charge in [-0.05, 0) is 6.07 Å². The molecule has 0 amide bonds. The van der Waals surface area contributed by atoms with E-state index in [2.05, 4.69) is 0 Å². The SMILES string of the molecule is CCC(=O)c1cccc(O)c1CO. The smallest absolute Gasteiger partial charge is 0.163 e. The summed E-state index contributed by atoms with van der Waals surface area (Å²) in [5.41, 5.74) is 0.722. The maximum atomic E-state index is 11.3. The first-order valence-electron chi connectivity index (χ1n) is 4.15. The normalized spacial score (nSPS) is 10.0. The van der Waals surface area contributed by atoms with Crippen LogP contribution in [0, 0.1) is 0 Å². The van der Waals surface area contributed by atoms with Crippen LogP contribution in [0.15, 0.2) is 18.2 Å². The summed E-state index contributed by atoms with van der Waals surface area (Å²) in [5, 5.41) is 18.3. The quantitative estimate of drug-likeness (QED) is 0.692. The number of aromatic hydroxyl groups is 1. The first kappa shape index (κ1) is 9.74. The molecule has 0 fully saturated rings. The molecule has 0 saturated heterocycles. The molecule has 0 aliphatic rings. The second-order valence-electron chi connectivity index (χ2n) is 2.74. The summed E-state index contributed by atoms with van der Waals surface area (Å²) < 4.78 is 0. The predicted octanol–water partition coefficient (Wildman–Crippen LogP) is 1.48. The summed E-state index contributed by atoms with van der Waals surface area (Å²) in [6.07, 6.45) is 0.371. The van der Waals surface area contributed by atoms with Crippen molar-refractivity contribution in [2.45, 2.75) is 20.0 Å². The maximum Gasteiger partial charge on any atom is 0.163 e. The van der Waals surface area contributed by atoms with Crippen molar-refractivity contribution < 1.29 is 15.0 Å². The van der Waals surface area contributed by atoms with Crippen molar-refractivity contribution in [3.8, 4) is 5.75 Å². The minimum Gasteiger partial charge on any atom is -0.508 e. The Morgan fingerprint density at radius 1 is 1.46 bits per heavy atom. The lowest BCUT2D eigenvalue weighted by Gasteiger charge is -2.06. The molecule has 0 heterocycles.